The molecule has 0 unspecified atom stereocenters. The molecule has 0 aromatic heterocycles. The number of hydrogen-bond acceptors (Lipinski definition) is 2. The highest BCUT2D eigenvalue weighted by molar-refractivity contribution is 6.21. The SMILES string of the molecule is O=C1c2ccccc2C(=O)N1CC=Cc1ccc2ccccc2c1. The molecule has 0 radical (unpaired) electrons. The molecule has 3 aromatic rings. The molecule has 0 aliphatic carbocycles. The number of benzene rings is 3. The van der Waals surface area contributed by atoms with Crippen molar-refractivity contribution in [2.75, 3.05) is 6.54 Å². The van der Waals surface area contributed by atoms with Crippen LogP contribution >= 0.6 is 0 Å². The van der Waals surface area contributed by atoms with Gasteiger partial charge in [-0.05, 0) is 34.5 Å². The summed E-state index contributed by atoms with van der Waals surface area (Å²) in [6.07, 6.45) is 3.79. The second-order valence-corrected chi connectivity index (χ2v) is 5.78. The predicted octanol–water partition coefficient (Wildman–Crippen LogP) is 4.15. The van der Waals surface area contributed by atoms with Crippen molar-refractivity contribution in [3.63, 3.8) is 0 Å². The highest BCUT2D eigenvalue weighted by atomic mass is 16.2. The Morgan fingerprint density at radius 3 is 2.08 bits per heavy atom. The van der Waals surface area contributed by atoms with Crippen LogP contribution in [-0.4, -0.2) is 23.3 Å². The quantitative estimate of drug-likeness (QED) is 0.681. The van der Waals surface area contributed by atoms with Gasteiger partial charge in [0, 0.05) is 6.54 Å². The van der Waals surface area contributed by atoms with Crippen LogP contribution in [0.25, 0.3) is 16.8 Å². The molecule has 1 aliphatic heterocycles. The number of fused-ring (bicyclic) bond motifs is 2. The molecule has 4 rings (SSSR count). The highest BCUT2D eigenvalue weighted by Gasteiger charge is 2.33. The summed E-state index contributed by atoms with van der Waals surface area (Å²) in [5.74, 6) is -0.447. The Hall–Kier alpha value is -3.20. The topological polar surface area (TPSA) is 37.4 Å². The number of rotatable bonds is 3. The summed E-state index contributed by atoms with van der Waals surface area (Å²) in [5.41, 5.74) is 2.02. The summed E-state index contributed by atoms with van der Waals surface area (Å²) in [6.45, 7) is 0.277. The number of carbonyl (C=O) groups excluding carboxylic acids is 2. The first-order chi connectivity index (χ1) is 11.7. The minimum atomic E-state index is -0.223. The van der Waals surface area contributed by atoms with Crippen molar-refractivity contribution in [2.45, 2.75) is 0 Å². The van der Waals surface area contributed by atoms with Crippen molar-refractivity contribution in [1.29, 1.82) is 0 Å². The minimum Gasteiger partial charge on any atom is -0.270 e. The van der Waals surface area contributed by atoms with Crippen molar-refractivity contribution in [2.24, 2.45) is 0 Å². The van der Waals surface area contributed by atoms with Gasteiger partial charge < -0.3 is 0 Å². The first-order valence-electron chi connectivity index (χ1n) is 7.84. The van der Waals surface area contributed by atoms with Crippen LogP contribution in [0.1, 0.15) is 26.3 Å². The van der Waals surface area contributed by atoms with Crippen LogP contribution in [0.3, 0.4) is 0 Å². The van der Waals surface area contributed by atoms with E-state index in [4.69, 9.17) is 0 Å². The van der Waals surface area contributed by atoms with E-state index in [0.717, 1.165) is 5.56 Å². The second kappa shape index (κ2) is 5.78. The zero-order valence-corrected chi connectivity index (χ0v) is 13.0. The van der Waals surface area contributed by atoms with Gasteiger partial charge in [-0.25, -0.2) is 0 Å². The van der Waals surface area contributed by atoms with E-state index in [-0.39, 0.29) is 18.4 Å². The summed E-state index contributed by atoms with van der Waals surface area (Å²) in [4.78, 5) is 25.9. The standard InChI is InChI=1S/C21H15NO2/c23-20-18-9-3-4-10-19(18)21(24)22(20)13-5-6-15-11-12-16-7-1-2-8-17(16)14-15/h1-12,14H,13H2. The smallest absolute Gasteiger partial charge is 0.261 e. The molecule has 0 spiro atoms. The van der Waals surface area contributed by atoms with Crippen molar-refractivity contribution in [3.8, 4) is 0 Å². The molecule has 116 valence electrons. The first-order valence-corrected chi connectivity index (χ1v) is 7.84. The van der Waals surface area contributed by atoms with E-state index in [9.17, 15) is 9.59 Å². The molecule has 2 amide bonds. The number of nitrogens with zero attached hydrogens (tertiary/aromatic N) is 1. The Labute approximate surface area is 139 Å². The molecule has 0 saturated carbocycles. The van der Waals surface area contributed by atoms with E-state index in [0.29, 0.717) is 11.1 Å². The fourth-order valence-electron chi connectivity index (χ4n) is 3.01. The number of amides is 2. The van der Waals surface area contributed by atoms with Crippen molar-refractivity contribution in [1.82, 2.24) is 4.90 Å². The Morgan fingerprint density at radius 1 is 0.750 bits per heavy atom. The van der Waals surface area contributed by atoms with Crippen LogP contribution in [0.5, 0.6) is 0 Å². The average Bonchev–Trinajstić information content (AvgIpc) is 2.87. The predicted molar refractivity (Wildman–Crippen MR) is 94.8 cm³/mol. The van der Waals surface area contributed by atoms with Crippen LogP contribution in [0, 0.1) is 0 Å². The third-order valence-electron chi connectivity index (χ3n) is 4.25. The molecular weight excluding hydrogens is 298 g/mol. The largest absolute Gasteiger partial charge is 0.270 e. The summed E-state index contributed by atoms with van der Waals surface area (Å²) in [5, 5.41) is 2.36. The Kier molecular flexibility index (Phi) is 3.47. The summed E-state index contributed by atoms with van der Waals surface area (Å²) < 4.78 is 0. The van der Waals surface area contributed by atoms with Crippen LogP contribution in [-0.2, 0) is 0 Å². The fourth-order valence-corrected chi connectivity index (χ4v) is 3.01. The lowest BCUT2D eigenvalue weighted by molar-refractivity contribution is 0.0672. The Balaban J connectivity index is 1.53. The molecule has 24 heavy (non-hydrogen) atoms. The first kappa shape index (κ1) is 14.4. The van der Waals surface area contributed by atoms with E-state index in [1.165, 1.54) is 15.7 Å². The fraction of sp³-hybridized carbons (Fsp3) is 0.0476. The Bertz CT molecular complexity index is 953. The van der Waals surface area contributed by atoms with Crippen molar-refractivity contribution in [3.05, 3.63) is 89.5 Å². The van der Waals surface area contributed by atoms with Crippen LogP contribution in [0.2, 0.25) is 0 Å². The summed E-state index contributed by atoms with van der Waals surface area (Å²) in [6, 6.07) is 21.3. The molecule has 3 heteroatoms. The molecule has 0 N–H and O–H groups in total. The van der Waals surface area contributed by atoms with E-state index >= 15 is 0 Å². The maximum absolute atomic E-state index is 12.3. The molecule has 0 bridgehead atoms. The van der Waals surface area contributed by atoms with Gasteiger partial charge >= 0.3 is 0 Å². The lowest BCUT2D eigenvalue weighted by atomic mass is 10.1. The second-order valence-electron chi connectivity index (χ2n) is 5.78. The van der Waals surface area contributed by atoms with Gasteiger partial charge in [-0.3, -0.25) is 14.5 Å². The lowest BCUT2D eigenvalue weighted by Gasteiger charge is -2.10. The van der Waals surface area contributed by atoms with Gasteiger partial charge in [0.15, 0.2) is 0 Å². The third kappa shape index (κ3) is 2.40. The summed E-state index contributed by atoms with van der Waals surface area (Å²) >= 11 is 0. The Morgan fingerprint density at radius 2 is 1.38 bits per heavy atom. The van der Waals surface area contributed by atoms with Gasteiger partial charge in [0.25, 0.3) is 11.8 Å². The van der Waals surface area contributed by atoms with E-state index < -0.39 is 0 Å². The van der Waals surface area contributed by atoms with Crippen LogP contribution < -0.4 is 0 Å². The van der Waals surface area contributed by atoms with Gasteiger partial charge in [-0.15, -0.1) is 0 Å². The number of imide groups is 1. The number of hydrogen-bond donors (Lipinski definition) is 0. The zero-order chi connectivity index (χ0) is 16.5. The van der Waals surface area contributed by atoms with Gasteiger partial charge in [0.2, 0.25) is 0 Å². The molecule has 1 aliphatic rings. The minimum absolute atomic E-state index is 0.223. The van der Waals surface area contributed by atoms with E-state index in [1.807, 2.05) is 30.4 Å². The molecule has 1 heterocycles. The van der Waals surface area contributed by atoms with E-state index in [1.54, 1.807) is 24.3 Å². The van der Waals surface area contributed by atoms with Gasteiger partial charge in [0.05, 0.1) is 11.1 Å². The van der Waals surface area contributed by atoms with Gasteiger partial charge in [-0.2, -0.15) is 0 Å². The van der Waals surface area contributed by atoms with Crippen LogP contribution in [0.4, 0.5) is 0 Å². The maximum atomic E-state index is 12.3. The molecule has 0 atom stereocenters. The highest BCUT2D eigenvalue weighted by Crippen LogP contribution is 2.22. The molecule has 0 fully saturated rings. The normalized spacial score (nSPS) is 13.9. The van der Waals surface area contributed by atoms with Gasteiger partial charge in [-0.1, -0.05) is 60.7 Å². The molecule has 3 nitrogen and oxygen atoms in total. The molecular formula is C21H15NO2. The lowest BCUT2D eigenvalue weighted by Crippen LogP contribution is -2.29. The van der Waals surface area contributed by atoms with Crippen LogP contribution in [0.15, 0.2) is 72.8 Å². The average molecular weight is 313 g/mol. The maximum Gasteiger partial charge on any atom is 0.261 e. The van der Waals surface area contributed by atoms with Crippen molar-refractivity contribution < 1.29 is 9.59 Å². The van der Waals surface area contributed by atoms with Crippen molar-refractivity contribution >= 4 is 28.7 Å². The van der Waals surface area contributed by atoms with E-state index in [2.05, 4.69) is 24.3 Å². The monoisotopic (exact) mass is 313 g/mol. The summed E-state index contributed by atoms with van der Waals surface area (Å²) in [7, 11) is 0. The van der Waals surface area contributed by atoms with Gasteiger partial charge in [0.1, 0.15) is 0 Å². The molecule has 0 saturated heterocycles. The zero-order valence-electron chi connectivity index (χ0n) is 13.0. The number of carbonyl (C=O) groups is 2. The molecule has 3 aromatic carbocycles. The third-order valence-corrected chi connectivity index (χ3v) is 4.25.